The van der Waals surface area contributed by atoms with Crippen LogP contribution in [0.4, 0.5) is 4.39 Å². The van der Waals surface area contributed by atoms with E-state index in [1.165, 1.54) is 12.1 Å². The molecule has 6 nitrogen and oxygen atoms in total. The molecule has 8 heteroatoms. The molecule has 4 rings (SSSR count). The molecule has 2 aromatic rings. The summed E-state index contributed by atoms with van der Waals surface area (Å²) in [6, 6.07) is 8.38. The van der Waals surface area contributed by atoms with Crippen LogP contribution >= 0.6 is 0 Å². The zero-order valence-electron chi connectivity index (χ0n) is 14.2. The van der Waals surface area contributed by atoms with Gasteiger partial charge in [-0.3, -0.25) is 4.90 Å². The van der Waals surface area contributed by atoms with Crippen LogP contribution in [0.15, 0.2) is 42.7 Å². The maximum atomic E-state index is 13.3. The summed E-state index contributed by atoms with van der Waals surface area (Å²) in [6.07, 6.45) is 3.77. The molecule has 3 heterocycles. The maximum absolute atomic E-state index is 13.3. The summed E-state index contributed by atoms with van der Waals surface area (Å²) in [4.78, 5) is 10.1. The van der Waals surface area contributed by atoms with Crippen LogP contribution in [-0.2, 0) is 16.4 Å². The minimum atomic E-state index is -3.17. The average Bonchev–Trinajstić information content (AvgIpc) is 2.85. The number of benzene rings is 1. The molecule has 2 saturated heterocycles. The summed E-state index contributed by atoms with van der Waals surface area (Å²) in [5.41, 5.74) is 0.848. The molecule has 0 saturated carbocycles. The largest absolute Gasteiger partial charge is 0.463 e. The lowest BCUT2D eigenvalue weighted by molar-refractivity contribution is 0.0571. The quantitative estimate of drug-likeness (QED) is 0.790. The summed E-state index contributed by atoms with van der Waals surface area (Å²) in [5, 5.41) is 0. The topological polar surface area (TPSA) is 72.4 Å². The van der Waals surface area contributed by atoms with Gasteiger partial charge in [0.15, 0.2) is 9.84 Å². The zero-order valence-corrected chi connectivity index (χ0v) is 15.0. The van der Waals surface area contributed by atoms with Crippen molar-refractivity contribution in [1.82, 2.24) is 14.9 Å². The van der Waals surface area contributed by atoms with Gasteiger partial charge in [0.05, 0.1) is 12.4 Å². The highest BCUT2D eigenvalue weighted by molar-refractivity contribution is 7.93. The summed E-state index contributed by atoms with van der Waals surface area (Å²) < 4.78 is 43.5. The molecule has 2 aliphatic rings. The van der Waals surface area contributed by atoms with Gasteiger partial charge in [0.1, 0.15) is 10.6 Å². The molecule has 2 aliphatic heterocycles. The molecule has 0 amide bonds. The first-order valence-corrected chi connectivity index (χ1v) is 10.2. The third-order valence-electron chi connectivity index (χ3n) is 5.33. The van der Waals surface area contributed by atoms with E-state index in [1.54, 1.807) is 24.5 Å². The number of hydrogen-bond acceptors (Lipinski definition) is 6. The molecule has 2 fully saturated rings. The fraction of sp³-hybridized carbons (Fsp3) is 0.444. The average molecular weight is 377 g/mol. The Morgan fingerprint density at radius 2 is 2.00 bits per heavy atom. The normalized spacial score (nSPS) is 23.7. The number of likely N-dealkylation sites (tertiary alicyclic amines) is 1. The van der Waals surface area contributed by atoms with Gasteiger partial charge in [0.25, 0.3) is 0 Å². The molecule has 0 N–H and O–H groups in total. The van der Waals surface area contributed by atoms with Gasteiger partial charge in [-0.2, -0.15) is 0 Å². The van der Waals surface area contributed by atoms with E-state index in [0.717, 1.165) is 5.56 Å². The molecule has 0 unspecified atom stereocenters. The van der Waals surface area contributed by atoms with Crippen molar-refractivity contribution < 1.29 is 17.5 Å². The first-order valence-electron chi connectivity index (χ1n) is 8.57. The molecule has 1 spiro atoms. The van der Waals surface area contributed by atoms with Crippen LogP contribution in [0.3, 0.4) is 0 Å². The summed E-state index contributed by atoms with van der Waals surface area (Å²) in [7, 11) is -3.17. The predicted molar refractivity (Wildman–Crippen MR) is 93.8 cm³/mol. The second-order valence-electron chi connectivity index (χ2n) is 6.99. The van der Waals surface area contributed by atoms with Crippen LogP contribution < -0.4 is 4.74 Å². The Hall–Kier alpha value is -2.06. The van der Waals surface area contributed by atoms with Gasteiger partial charge in [-0.15, -0.1) is 0 Å². The molecular formula is C18H20FN3O3S. The van der Waals surface area contributed by atoms with Crippen LogP contribution in [-0.4, -0.2) is 53.5 Å². The van der Waals surface area contributed by atoms with Crippen LogP contribution in [0, 0.1) is 11.7 Å². The Kier molecular flexibility index (Phi) is 4.40. The molecule has 1 aromatic carbocycles. The second kappa shape index (κ2) is 6.59. The van der Waals surface area contributed by atoms with Gasteiger partial charge in [0, 0.05) is 37.9 Å². The van der Waals surface area contributed by atoms with Crippen molar-refractivity contribution in [3.63, 3.8) is 0 Å². The third kappa shape index (κ3) is 3.07. The molecule has 1 atom stereocenters. The monoisotopic (exact) mass is 377 g/mol. The van der Waals surface area contributed by atoms with E-state index in [4.69, 9.17) is 4.74 Å². The standard InChI is InChI=1S/C18H20FN3O3S/c19-16-4-1-3-14(9-16)10-22-12-18(13-22)15(5-8-26(18,23)24)11-25-17-20-6-2-7-21-17/h1-4,6-7,9,15H,5,8,10-13H2/t15-/m0/s1. The first-order chi connectivity index (χ1) is 12.5. The Balaban J connectivity index is 1.43. The van der Waals surface area contributed by atoms with Gasteiger partial charge < -0.3 is 4.74 Å². The highest BCUT2D eigenvalue weighted by Crippen LogP contribution is 2.45. The second-order valence-corrected chi connectivity index (χ2v) is 9.44. The summed E-state index contributed by atoms with van der Waals surface area (Å²) in [6.45, 7) is 1.74. The molecule has 0 bridgehead atoms. The van der Waals surface area contributed by atoms with Gasteiger partial charge in [-0.05, 0) is 30.2 Å². The van der Waals surface area contributed by atoms with Crippen molar-refractivity contribution in [2.75, 3.05) is 25.4 Å². The van der Waals surface area contributed by atoms with E-state index in [2.05, 4.69) is 9.97 Å². The number of rotatable bonds is 5. The SMILES string of the molecule is O=S1(=O)CC[C@@H](COc2ncccn2)C12CN(Cc1cccc(F)c1)C2. The lowest BCUT2D eigenvalue weighted by Gasteiger charge is -2.50. The minimum absolute atomic E-state index is 0.0833. The van der Waals surface area contributed by atoms with Crippen LogP contribution in [0.25, 0.3) is 0 Å². The molecule has 0 radical (unpaired) electrons. The van der Waals surface area contributed by atoms with Crippen molar-refractivity contribution in [1.29, 1.82) is 0 Å². The minimum Gasteiger partial charge on any atom is -0.463 e. The molecule has 0 aliphatic carbocycles. The summed E-state index contributed by atoms with van der Waals surface area (Å²) >= 11 is 0. The number of hydrogen-bond donors (Lipinski definition) is 0. The van der Waals surface area contributed by atoms with E-state index >= 15 is 0 Å². The smallest absolute Gasteiger partial charge is 0.316 e. The number of ether oxygens (including phenoxy) is 1. The highest BCUT2D eigenvalue weighted by Gasteiger charge is 2.61. The van der Waals surface area contributed by atoms with E-state index in [9.17, 15) is 12.8 Å². The van der Waals surface area contributed by atoms with Crippen LogP contribution in [0.1, 0.15) is 12.0 Å². The lowest BCUT2D eigenvalue weighted by Crippen LogP contribution is -2.67. The number of halogens is 1. The van der Waals surface area contributed by atoms with Gasteiger partial charge >= 0.3 is 6.01 Å². The van der Waals surface area contributed by atoms with E-state index in [1.807, 2.05) is 11.0 Å². The zero-order chi connectivity index (χ0) is 18.2. The van der Waals surface area contributed by atoms with Crippen molar-refractivity contribution >= 4 is 9.84 Å². The fourth-order valence-corrected chi connectivity index (χ4v) is 6.41. The van der Waals surface area contributed by atoms with Crippen molar-refractivity contribution in [2.24, 2.45) is 5.92 Å². The Labute approximate surface area is 151 Å². The van der Waals surface area contributed by atoms with E-state index in [0.29, 0.717) is 26.1 Å². The molecule has 138 valence electrons. The maximum Gasteiger partial charge on any atom is 0.316 e. The van der Waals surface area contributed by atoms with Crippen molar-refractivity contribution in [3.05, 3.63) is 54.1 Å². The van der Waals surface area contributed by atoms with E-state index in [-0.39, 0.29) is 30.1 Å². The van der Waals surface area contributed by atoms with E-state index < -0.39 is 14.6 Å². The molecule has 1 aromatic heterocycles. The van der Waals surface area contributed by atoms with Crippen molar-refractivity contribution in [2.45, 2.75) is 17.7 Å². The van der Waals surface area contributed by atoms with Crippen LogP contribution in [0.2, 0.25) is 0 Å². The Morgan fingerprint density at radius 1 is 1.23 bits per heavy atom. The number of sulfone groups is 1. The first kappa shape index (κ1) is 17.4. The number of nitrogens with zero attached hydrogens (tertiary/aromatic N) is 3. The van der Waals surface area contributed by atoms with Crippen LogP contribution in [0.5, 0.6) is 6.01 Å². The Morgan fingerprint density at radius 3 is 2.73 bits per heavy atom. The highest BCUT2D eigenvalue weighted by atomic mass is 32.2. The fourth-order valence-electron chi connectivity index (χ4n) is 3.96. The summed E-state index contributed by atoms with van der Waals surface area (Å²) in [5.74, 6) is -0.176. The number of aromatic nitrogens is 2. The molecule has 26 heavy (non-hydrogen) atoms. The third-order valence-corrected chi connectivity index (χ3v) is 7.94. The van der Waals surface area contributed by atoms with Gasteiger partial charge in [-0.25, -0.2) is 22.8 Å². The van der Waals surface area contributed by atoms with Gasteiger partial charge in [0.2, 0.25) is 0 Å². The predicted octanol–water partition coefficient (Wildman–Crippen LogP) is 1.68. The van der Waals surface area contributed by atoms with Crippen molar-refractivity contribution in [3.8, 4) is 6.01 Å². The van der Waals surface area contributed by atoms with Gasteiger partial charge in [-0.1, -0.05) is 12.1 Å². The lowest BCUT2D eigenvalue weighted by atomic mass is 9.83. The molecular weight excluding hydrogens is 357 g/mol. The Bertz CT molecular complexity index is 886.